The van der Waals surface area contributed by atoms with Crippen LogP contribution >= 0.6 is 35.3 Å². The highest BCUT2D eigenvalue weighted by molar-refractivity contribution is 8.15. The summed E-state index contributed by atoms with van der Waals surface area (Å²) in [6.45, 7) is 6.23. The van der Waals surface area contributed by atoms with Gasteiger partial charge < -0.3 is 14.2 Å². The van der Waals surface area contributed by atoms with E-state index in [-0.39, 0.29) is 0 Å². The van der Waals surface area contributed by atoms with Crippen molar-refractivity contribution in [1.29, 1.82) is 0 Å². The Kier molecular flexibility index (Phi) is 9.34. The third-order valence-corrected chi connectivity index (χ3v) is 12.9. The van der Waals surface area contributed by atoms with Crippen molar-refractivity contribution in [3.63, 3.8) is 0 Å². The Morgan fingerprint density at radius 3 is 0.815 bits per heavy atom. The van der Waals surface area contributed by atoms with Gasteiger partial charge >= 0.3 is 0 Å². The fourth-order valence-electron chi connectivity index (χ4n) is 7.58. The smallest absolute Gasteiger partial charge is 0.216 e. The Morgan fingerprint density at radius 2 is 0.593 bits per heavy atom. The zero-order valence-electron chi connectivity index (χ0n) is 29.5. The molecule has 0 unspecified atom stereocenters. The van der Waals surface area contributed by atoms with Crippen LogP contribution in [-0.2, 0) is 14.2 Å². The van der Waals surface area contributed by atoms with E-state index in [0.717, 1.165) is 119 Å². The molecule has 270 valence electrons. The first-order valence-corrected chi connectivity index (χ1v) is 21.4. The lowest BCUT2D eigenvalue weighted by molar-refractivity contribution is 0.348. The SMILES string of the molecule is c1cc(-c2c(C3=NCCS3)c(-c3ccc(C4=NCCO4)cc3)c(C3=NCCS3)c(-c3ccc(C4=NCCO4)cc3)c2C2=NCCS2)ccc1C1=NCCO1. The van der Waals surface area contributed by atoms with Crippen LogP contribution in [0.5, 0.6) is 0 Å². The molecule has 6 aliphatic rings. The Balaban J connectivity index is 1.30. The number of hydrogen-bond donors (Lipinski definition) is 0. The maximum absolute atomic E-state index is 5.87. The van der Waals surface area contributed by atoms with Gasteiger partial charge in [0.25, 0.3) is 0 Å². The van der Waals surface area contributed by atoms with Crippen LogP contribution in [-0.4, -0.2) is 109 Å². The molecule has 0 radical (unpaired) electrons. The van der Waals surface area contributed by atoms with E-state index in [1.165, 1.54) is 0 Å². The first-order chi connectivity index (χ1) is 26.8. The third kappa shape index (κ3) is 6.27. The number of aliphatic imine (C=N–C) groups is 6. The summed E-state index contributed by atoms with van der Waals surface area (Å²) in [6, 6.07) is 26.1. The summed E-state index contributed by atoms with van der Waals surface area (Å²) in [6.07, 6.45) is 0. The minimum atomic E-state index is 0.617. The van der Waals surface area contributed by atoms with Crippen molar-refractivity contribution in [3.8, 4) is 33.4 Å². The van der Waals surface area contributed by atoms with Gasteiger partial charge in [-0.05, 0) is 53.1 Å². The van der Waals surface area contributed by atoms with Crippen LogP contribution in [0.4, 0.5) is 0 Å². The maximum Gasteiger partial charge on any atom is 0.216 e. The van der Waals surface area contributed by atoms with Gasteiger partial charge in [0.05, 0.1) is 34.8 Å². The van der Waals surface area contributed by atoms with Crippen molar-refractivity contribution in [1.82, 2.24) is 0 Å². The number of benzene rings is 4. The molecule has 6 heterocycles. The normalized spacial score (nSPS) is 19.1. The zero-order chi connectivity index (χ0) is 35.8. The topological polar surface area (TPSA) is 102 Å². The van der Waals surface area contributed by atoms with E-state index in [0.29, 0.717) is 57.1 Å². The van der Waals surface area contributed by atoms with E-state index < -0.39 is 0 Å². The molecule has 0 saturated carbocycles. The summed E-state index contributed by atoms with van der Waals surface area (Å²) in [5, 5.41) is 3.15. The molecule has 4 aromatic rings. The highest BCUT2D eigenvalue weighted by Crippen LogP contribution is 2.50. The van der Waals surface area contributed by atoms with Crippen molar-refractivity contribution in [3.05, 3.63) is 106 Å². The van der Waals surface area contributed by atoms with Crippen LogP contribution in [0.3, 0.4) is 0 Å². The molecule has 6 aliphatic heterocycles. The summed E-state index contributed by atoms with van der Waals surface area (Å²) in [4.78, 5) is 29.5. The largest absolute Gasteiger partial charge is 0.476 e. The highest BCUT2D eigenvalue weighted by Gasteiger charge is 2.35. The van der Waals surface area contributed by atoms with Crippen molar-refractivity contribution in [2.24, 2.45) is 30.0 Å². The monoisotopic (exact) mass is 768 g/mol. The first-order valence-electron chi connectivity index (χ1n) is 18.4. The van der Waals surface area contributed by atoms with Crippen LogP contribution in [0, 0.1) is 0 Å². The van der Waals surface area contributed by atoms with Crippen LogP contribution in [0.1, 0.15) is 33.4 Å². The molecule has 54 heavy (non-hydrogen) atoms. The van der Waals surface area contributed by atoms with Crippen molar-refractivity contribution >= 4 is 68.1 Å². The van der Waals surface area contributed by atoms with E-state index in [1.807, 2.05) is 35.3 Å². The Labute approximate surface area is 326 Å². The molecule has 0 aliphatic carbocycles. The molecule has 9 nitrogen and oxygen atoms in total. The van der Waals surface area contributed by atoms with Crippen LogP contribution < -0.4 is 0 Å². The molecule has 0 amide bonds. The Morgan fingerprint density at radius 1 is 0.315 bits per heavy atom. The zero-order valence-corrected chi connectivity index (χ0v) is 32.0. The molecule has 0 bridgehead atoms. The first kappa shape index (κ1) is 33.9. The van der Waals surface area contributed by atoms with Crippen molar-refractivity contribution in [2.45, 2.75) is 0 Å². The molecule has 10 rings (SSSR count). The third-order valence-electron chi connectivity index (χ3n) is 9.92. The molecule has 0 atom stereocenters. The minimum absolute atomic E-state index is 0.617. The lowest BCUT2D eigenvalue weighted by atomic mass is 9.79. The predicted molar refractivity (Wildman–Crippen MR) is 226 cm³/mol. The van der Waals surface area contributed by atoms with Gasteiger partial charge in [0.2, 0.25) is 17.7 Å². The van der Waals surface area contributed by atoms with E-state index in [1.54, 1.807) is 0 Å². The number of nitrogens with zero attached hydrogens (tertiary/aromatic N) is 6. The van der Waals surface area contributed by atoms with Crippen LogP contribution in [0.25, 0.3) is 33.4 Å². The summed E-state index contributed by atoms with van der Waals surface area (Å²) in [7, 11) is 0. The molecule has 0 saturated heterocycles. The Bertz CT molecular complexity index is 2050. The maximum atomic E-state index is 5.87. The molecular formula is C42H36N6O3S3. The average molecular weight is 769 g/mol. The van der Waals surface area contributed by atoms with Gasteiger partial charge in [-0.15, -0.1) is 35.3 Å². The second kappa shape index (κ2) is 14.9. The molecule has 0 spiro atoms. The van der Waals surface area contributed by atoms with Crippen LogP contribution in [0.2, 0.25) is 0 Å². The van der Waals surface area contributed by atoms with Gasteiger partial charge in [-0.3, -0.25) is 15.0 Å². The average Bonchev–Trinajstić information content (AvgIpc) is 4.08. The Hall–Kier alpha value is -4.65. The number of thioether (sulfide) groups is 3. The van der Waals surface area contributed by atoms with E-state index >= 15 is 0 Å². The quantitative estimate of drug-likeness (QED) is 0.175. The number of hydrogen-bond acceptors (Lipinski definition) is 12. The van der Waals surface area contributed by atoms with Crippen molar-refractivity contribution in [2.75, 3.05) is 76.3 Å². The molecule has 0 aromatic heterocycles. The summed E-state index contributed by atoms with van der Waals surface area (Å²) < 4.78 is 17.6. The fourth-order valence-corrected chi connectivity index (χ4v) is 10.3. The van der Waals surface area contributed by atoms with Gasteiger partial charge in [0.15, 0.2) is 0 Å². The van der Waals surface area contributed by atoms with Gasteiger partial charge in [-0.1, -0.05) is 36.4 Å². The molecular weight excluding hydrogens is 733 g/mol. The second-order valence-corrected chi connectivity index (χ2v) is 16.4. The lowest BCUT2D eigenvalue weighted by Crippen LogP contribution is -2.15. The van der Waals surface area contributed by atoms with Gasteiger partial charge in [0, 0.05) is 87.0 Å². The molecule has 0 N–H and O–H groups in total. The van der Waals surface area contributed by atoms with E-state index in [2.05, 4.69) is 87.8 Å². The second-order valence-electron chi connectivity index (χ2n) is 13.2. The molecule has 12 heteroatoms. The van der Waals surface area contributed by atoms with Gasteiger partial charge in [-0.2, -0.15) is 0 Å². The molecule has 4 aromatic carbocycles. The van der Waals surface area contributed by atoms with Gasteiger partial charge in [0.1, 0.15) is 19.8 Å². The summed E-state index contributed by atoms with van der Waals surface area (Å²) in [5.41, 5.74) is 13.0. The van der Waals surface area contributed by atoms with Gasteiger partial charge in [-0.25, -0.2) is 15.0 Å². The highest BCUT2D eigenvalue weighted by atomic mass is 32.2. The summed E-state index contributed by atoms with van der Waals surface area (Å²) in [5.74, 6) is 4.91. The minimum Gasteiger partial charge on any atom is -0.476 e. The number of ether oxygens (including phenoxy) is 3. The number of rotatable bonds is 9. The predicted octanol–water partition coefficient (Wildman–Crippen LogP) is 7.50. The van der Waals surface area contributed by atoms with Crippen LogP contribution in [0.15, 0.2) is 103 Å². The van der Waals surface area contributed by atoms with Crippen molar-refractivity contribution < 1.29 is 14.2 Å². The standard InChI is InChI=1S/C42H36N6O3S3/c1-7-28(37-43-13-19-49-37)8-2-25(1)31-34(40-46-16-22-52-40)32(26-3-9-29(10-4-26)38-44-14-20-50-38)36(42-48-18-24-54-42)33(35(31)41-47-17-23-53-41)27-5-11-30(12-6-27)39-45-15-21-51-39/h1-12H,13-24H2. The lowest BCUT2D eigenvalue weighted by Gasteiger charge is -2.28. The fraction of sp³-hybridized carbons (Fsp3) is 0.286. The van der Waals surface area contributed by atoms with E-state index in [9.17, 15) is 0 Å². The van der Waals surface area contributed by atoms with E-state index in [4.69, 9.17) is 29.2 Å². The summed E-state index contributed by atoms with van der Waals surface area (Å²) >= 11 is 5.50. The molecule has 0 fully saturated rings.